The van der Waals surface area contributed by atoms with Crippen LogP contribution in [0.1, 0.15) is 0 Å². The zero-order valence-corrected chi connectivity index (χ0v) is 21.7. The minimum atomic E-state index is -2.42. The van der Waals surface area contributed by atoms with Crippen molar-refractivity contribution >= 4 is 63.1 Å². The summed E-state index contributed by atoms with van der Waals surface area (Å²) in [6.45, 7) is 21.5. The summed E-state index contributed by atoms with van der Waals surface area (Å²) < 4.78 is 24.6. The van der Waals surface area contributed by atoms with Gasteiger partial charge < -0.3 is 16.5 Å². The van der Waals surface area contributed by atoms with Crippen LogP contribution in [0.3, 0.4) is 0 Å². The lowest BCUT2D eigenvalue weighted by atomic mass is 11.3. The molecule has 1 atom stereocenters. The van der Waals surface area contributed by atoms with Crippen molar-refractivity contribution in [1.29, 1.82) is 0 Å². The van der Waals surface area contributed by atoms with E-state index in [0.717, 1.165) is 0 Å². The molecule has 0 saturated heterocycles. The molecule has 4 nitrogen and oxygen atoms in total. The first-order chi connectivity index (χ1) is 9.39. The van der Waals surface area contributed by atoms with Gasteiger partial charge in [-0.05, 0) is 58.9 Å². The van der Waals surface area contributed by atoms with E-state index in [1.54, 1.807) is 5.70 Å². The molecule has 0 aliphatic rings. The van der Waals surface area contributed by atoms with E-state index in [1.165, 1.54) is 0 Å². The van der Waals surface area contributed by atoms with Crippen molar-refractivity contribution in [2.75, 3.05) is 0 Å². The van der Waals surface area contributed by atoms with Crippen LogP contribution in [0, 0.1) is 0 Å². The molecule has 0 fully saturated rings. The van der Waals surface area contributed by atoms with E-state index in [4.69, 9.17) is 38.6 Å². The van der Waals surface area contributed by atoms with Crippen LogP contribution in [0.2, 0.25) is 58.9 Å². The Morgan fingerprint density at radius 2 is 0.955 bits per heavy atom. The summed E-state index contributed by atoms with van der Waals surface area (Å²) in [5.41, 5.74) is 1.70. The Balaban J connectivity index is 4.92. The first-order valence-corrected chi connectivity index (χ1v) is 23.1. The van der Waals surface area contributed by atoms with E-state index in [9.17, 15) is 0 Å². The maximum Gasteiger partial charge on any atom is 0.314 e. The second-order valence-corrected chi connectivity index (χ2v) is 28.9. The SMILES string of the molecule is C=C[Si](C)(Cl)O[Si](C)(C)O[Si](C)(C)O[Si](C)(C)O[Si](C)(C)Cl. The van der Waals surface area contributed by atoms with Crippen LogP contribution in [-0.4, -0.2) is 40.9 Å². The summed E-state index contributed by atoms with van der Waals surface area (Å²) in [6, 6.07) is 0. The minimum Gasteiger partial charge on any atom is -0.425 e. The van der Waals surface area contributed by atoms with E-state index in [0.29, 0.717) is 0 Å². The van der Waals surface area contributed by atoms with Gasteiger partial charge in [-0.25, -0.2) is 0 Å². The molecule has 11 heteroatoms. The van der Waals surface area contributed by atoms with Crippen molar-refractivity contribution < 1.29 is 16.5 Å². The highest BCUT2D eigenvalue weighted by Crippen LogP contribution is 2.27. The highest BCUT2D eigenvalue weighted by Gasteiger charge is 2.45. The maximum atomic E-state index is 6.35. The third-order valence-electron chi connectivity index (χ3n) is 2.28. The van der Waals surface area contributed by atoms with Crippen molar-refractivity contribution in [3.05, 3.63) is 12.3 Å². The maximum absolute atomic E-state index is 6.35. The number of halogens is 2. The molecule has 0 aromatic carbocycles. The van der Waals surface area contributed by atoms with Crippen molar-refractivity contribution in [3.63, 3.8) is 0 Å². The van der Waals surface area contributed by atoms with Gasteiger partial charge in [0.25, 0.3) is 7.63 Å². The Morgan fingerprint density at radius 3 is 1.27 bits per heavy atom. The average Bonchev–Trinajstić information content (AvgIpc) is 2.06. The second kappa shape index (κ2) is 7.64. The average molecular weight is 438 g/mol. The monoisotopic (exact) mass is 436 g/mol. The van der Waals surface area contributed by atoms with Crippen molar-refractivity contribution in [3.8, 4) is 0 Å². The van der Waals surface area contributed by atoms with E-state index < -0.39 is 40.9 Å². The topological polar surface area (TPSA) is 36.9 Å². The van der Waals surface area contributed by atoms with E-state index >= 15 is 0 Å². The molecule has 0 aliphatic carbocycles. The van der Waals surface area contributed by atoms with Gasteiger partial charge in [0.1, 0.15) is 0 Å². The molecule has 0 saturated carbocycles. The van der Waals surface area contributed by atoms with Gasteiger partial charge in [0.15, 0.2) is 0 Å². The molecule has 1 unspecified atom stereocenters. The fraction of sp³-hybridized carbons (Fsp3) is 0.818. The lowest BCUT2D eigenvalue weighted by Gasteiger charge is -2.40. The summed E-state index contributed by atoms with van der Waals surface area (Å²) in [4.78, 5) is 0. The Labute approximate surface area is 150 Å². The Morgan fingerprint density at radius 1 is 0.636 bits per heavy atom. The van der Waals surface area contributed by atoms with Gasteiger partial charge in [-0.15, -0.1) is 28.7 Å². The molecule has 0 rings (SSSR count). The number of hydrogen-bond acceptors (Lipinski definition) is 4. The van der Waals surface area contributed by atoms with Crippen molar-refractivity contribution in [2.24, 2.45) is 0 Å². The van der Waals surface area contributed by atoms with Gasteiger partial charge >= 0.3 is 33.3 Å². The standard InChI is InChI=1S/C11H30Cl2O4Si5/c1-11-22(10,13)17-21(8,9)16-20(6,7)15-19(4,5)14-18(2,3)12/h11H,1H2,2-10H3. The zero-order chi connectivity index (χ0) is 18.0. The highest BCUT2D eigenvalue weighted by atomic mass is 35.6. The molecule has 0 aromatic rings. The van der Waals surface area contributed by atoms with Crippen molar-refractivity contribution in [1.82, 2.24) is 0 Å². The van der Waals surface area contributed by atoms with Gasteiger partial charge in [0.2, 0.25) is 0 Å². The smallest absolute Gasteiger partial charge is 0.314 e. The lowest BCUT2D eigenvalue weighted by Crippen LogP contribution is -2.57. The summed E-state index contributed by atoms with van der Waals surface area (Å²) in [6.07, 6.45) is 0. The summed E-state index contributed by atoms with van der Waals surface area (Å²) >= 11 is 12.6. The largest absolute Gasteiger partial charge is 0.425 e. The molecule has 0 aromatic heterocycles. The van der Waals surface area contributed by atoms with Crippen LogP contribution in [0.15, 0.2) is 12.3 Å². The Bertz CT molecular complexity index is 396. The predicted octanol–water partition coefficient (Wildman–Crippen LogP) is 5.13. The molecule has 0 radical (unpaired) electrons. The van der Waals surface area contributed by atoms with Gasteiger partial charge in [0.05, 0.1) is 0 Å². The van der Waals surface area contributed by atoms with E-state index in [2.05, 4.69) is 6.58 Å². The first-order valence-electron chi connectivity index (χ1n) is 7.21. The van der Waals surface area contributed by atoms with E-state index in [1.807, 2.05) is 58.9 Å². The number of hydrogen-bond donors (Lipinski definition) is 0. The molecule has 0 N–H and O–H groups in total. The molecule has 0 spiro atoms. The molecule has 0 heterocycles. The van der Waals surface area contributed by atoms with Crippen molar-refractivity contribution in [2.45, 2.75) is 58.9 Å². The first kappa shape index (κ1) is 23.2. The van der Waals surface area contributed by atoms with Crippen LogP contribution in [0.5, 0.6) is 0 Å². The number of rotatable bonds is 9. The Hall–Kier alpha value is 1.24. The Kier molecular flexibility index (Phi) is 8.07. The summed E-state index contributed by atoms with van der Waals surface area (Å²) in [5.74, 6) is 0. The third-order valence-corrected chi connectivity index (χ3v) is 20.2. The van der Waals surface area contributed by atoms with Crippen LogP contribution >= 0.6 is 22.2 Å². The van der Waals surface area contributed by atoms with Crippen LogP contribution in [-0.2, 0) is 16.5 Å². The third kappa shape index (κ3) is 10.9. The van der Waals surface area contributed by atoms with E-state index in [-0.39, 0.29) is 0 Å². The molecule has 0 amide bonds. The predicted molar refractivity (Wildman–Crippen MR) is 108 cm³/mol. The van der Waals surface area contributed by atoms with Gasteiger partial charge in [-0.1, -0.05) is 5.70 Å². The fourth-order valence-corrected chi connectivity index (χ4v) is 25.6. The molecule has 0 aliphatic heterocycles. The highest BCUT2D eigenvalue weighted by molar-refractivity contribution is 7.21. The molecular weight excluding hydrogens is 407 g/mol. The van der Waals surface area contributed by atoms with Gasteiger partial charge in [-0.2, -0.15) is 0 Å². The zero-order valence-electron chi connectivity index (χ0n) is 15.2. The quantitative estimate of drug-likeness (QED) is 0.370. The molecular formula is C11H30Cl2O4Si5. The van der Waals surface area contributed by atoms with Crippen LogP contribution < -0.4 is 0 Å². The van der Waals surface area contributed by atoms with Crippen LogP contribution in [0.25, 0.3) is 0 Å². The van der Waals surface area contributed by atoms with Crippen LogP contribution in [0.4, 0.5) is 0 Å². The minimum absolute atomic E-state index is 1.70. The normalized spacial score (nSPS) is 17.2. The van der Waals surface area contributed by atoms with Gasteiger partial charge in [-0.3, -0.25) is 0 Å². The summed E-state index contributed by atoms with van der Waals surface area (Å²) in [5, 5.41) is 0. The molecule has 0 bridgehead atoms. The fourth-order valence-electron chi connectivity index (χ4n) is 2.35. The van der Waals surface area contributed by atoms with Gasteiger partial charge in [0, 0.05) is 0 Å². The second-order valence-electron chi connectivity index (χ2n) is 7.16. The molecule has 132 valence electrons. The summed E-state index contributed by atoms with van der Waals surface area (Å²) in [7, 11) is -11.8. The molecule has 22 heavy (non-hydrogen) atoms. The lowest BCUT2D eigenvalue weighted by molar-refractivity contribution is 0.303.